The van der Waals surface area contributed by atoms with Crippen LogP contribution in [0, 0.1) is 11.8 Å². The van der Waals surface area contributed by atoms with Crippen LogP contribution in [0.2, 0.25) is 0 Å². The quantitative estimate of drug-likeness (QED) is 0.440. The Hall–Kier alpha value is -3.71. The summed E-state index contributed by atoms with van der Waals surface area (Å²) in [6.45, 7) is 7.17. The predicted octanol–water partition coefficient (Wildman–Crippen LogP) is 0.356. The lowest BCUT2D eigenvalue weighted by Crippen LogP contribution is -2.61. The van der Waals surface area contributed by atoms with Crippen LogP contribution in [0.4, 0.5) is 17.5 Å². The van der Waals surface area contributed by atoms with Gasteiger partial charge in [0.1, 0.15) is 0 Å². The minimum absolute atomic E-state index is 0.285. The van der Waals surface area contributed by atoms with Gasteiger partial charge in [0.2, 0.25) is 5.95 Å². The molecule has 10 heteroatoms. The minimum atomic E-state index is -1.08. The highest BCUT2D eigenvalue weighted by atomic mass is 16.2. The lowest BCUT2D eigenvalue weighted by atomic mass is 10.1. The number of imidazole rings is 1. The summed E-state index contributed by atoms with van der Waals surface area (Å²) < 4.78 is 1.84. The predicted molar refractivity (Wildman–Crippen MR) is 119 cm³/mol. The van der Waals surface area contributed by atoms with Crippen molar-refractivity contribution < 1.29 is 9.59 Å². The first-order chi connectivity index (χ1) is 14.9. The molecule has 162 valence electrons. The van der Waals surface area contributed by atoms with Crippen LogP contribution in [0.3, 0.4) is 0 Å². The second-order valence-electron chi connectivity index (χ2n) is 7.60. The molecule has 1 atom stereocenters. The van der Waals surface area contributed by atoms with E-state index >= 15 is 0 Å². The van der Waals surface area contributed by atoms with Gasteiger partial charge in [-0.25, -0.2) is 0 Å². The van der Waals surface area contributed by atoms with E-state index in [2.05, 4.69) is 38.0 Å². The zero-order valence-electron chi connectivity index (χ0n) is 17.6. The summed E-state index contributed by atoms with van der Waals surface area (Å²) in [6, 6.07) is 6.88. The molecule has 31 heavy (non-hydrogen) atoms. The van der Waals surface area contributed by atoms with Crippen molar-refractivity contribution in [3.05, 3.63) is 35.5 Å². The SMILES string of the molecule is CC#CCn1c(N2CCNCC2)nc2c1C(=O)NC(C)(Nc1ccccc1C(N)=O)N2. The van der Waals surface area contributed by atoms with E-state index in [1.165, 1.54) is 0 Å². The Morgan fingerprint density at radius 3 is 2.74 bits per heavy atom. The van der Waals surface area contributed by atoms with Gasteiger partial charge in [0.25, 0.3) is 11.8 Å². The Morgan fingerprint density at radius 2 is 2.03 bits per heavy atom. The van der Waals surface area contributed by atoms with Crippen LogP contribution in [0.15, 0.2) is 24.3 Å². The number of nitrogens with one attached hydrogen (secondary N) is 4. The summed E-state index contributed by atoms with van der Waals surface area (Å²) in [5.74, 6) is 5.17. The summed E-state index contributed by atoms with van der Waals surface area (Å²) in [5, 5.41) is 12.7. The molecule has 4 rings (SSSR count). The maximum atomic E-state index is 13.2. The molecule has 2 aliphatic rings. The summed E-state index contributed by atoms with van der Waals surface area (Å²) in [4.78, 5) is 31.9. The molecule has 0 spiro atoms. The van der Waals surface area contributed by atoms with Gasteiger partial charge in [0.15, 0.2) is 17.3 Å². The zero-order chi connectivity index (χ0) is 22.0. The van der Waals surface area contributed by atoms with Crippen LogP contribution in [0.1, 0.15) is 34.7 Å². The maximum absolute atomic E-state index is 13.2. The van der Waals surface area contributed by atoms with Crippen molar-refractivity contribution in [2.24, 2.45) is 5.73 Å². The average molecular weight is 422 g/mol. The summed E-state index contributed by atoms with van der Waals surface area (Å²) in [7, 11) is 0. The first kappa shape index (κ1) is 20.6. The first-order valence-electron chi connectivity index (χ1n) is 10.2. The van der Waals surface area contributed by atoms with Gasteiger partial charge in [0, 0.05) is 26.2 Å². The second kappa shape index (κ2) is 8.20. The van der Waals surface area contributed by atoms with Crippen molar-refractivity contribution in [1.29, 1.82) is 0 Å². The summed E-state index contributed by atoms with van der Waals surface area (Å²) in [5.41, 5.74) is 6.76. The number of carbonyl (C=O) groups is 2. The fraction of sp³-hybridized carbons (Fsp3) is 0.381. The van der Waals surface area contributed by atoms with Crippen LogP contribution in [-0.4, -0.2) is 53.3 Å². The molecule has 3 heterocycles. The number of hydrogen-bond acceptors (Lipinski definition) is 7. The van der Waals surface area contributed by atoms with Crippen molar-refractivity contribution in [3.8, 4) is 11.8 Å². The number of piperazine rings is 1. The molecule has 2 aromatic rings. The molecule has 0 radical (unpaired) electrons. The number of nitrogens with two attached hydrogens (primary N) is 1. The molecule has 10 nitrogen and oxygen atoms in total. The molecule has 1 aromatic carbocycles. The molecular formula is C21H26N8O2. The van der Waals surface area contributed by atoms with Crippen molar-refractivity contribution in [3.63, 3.8) is 0 Å². The van der Waals surface area contributed by atoms with E-state index in [-0.39, 0.29) is 5.91 Å². The van der Waals surface area contributed by atoms with Crippen LogP contribution in [0.25, 0.3) is 0 Å². The smallest absolute Gasteiger partial charge is 0.275 e. The van der Waals surface area contributed by atoms with Crippen LogP contribution in [-0.2, 0) is 6.54 Å². The molecule has 1 fully saturated rings. The fourth-order valence-corrected chi connectivity index (χ4v) is 3.87. The Kier molecular flexibility index (Phi) is 5.44. The maximum Gasteiger partial charge on any atom is 0.275 e. The van der Waals surface area contributed by atoms with Crippen molar-refractivity contribution in [1.82, 2.24) is 20.2 Å². The monoisotopic (exact) mass is 422 g/mol. The molecule has 1 aromatic heterocycles. The molecule has 6 N–H and O–H groups in total. The van der Waals surface area contributed by atoms with Gasteiger partial charge in [-0.1, -0.05) is 18.1 Å². The van der Waals surface area contributed by atoms with Crippen LogP contribution < -0.4 is 31.9 Å². The third kappa shape index (κ3) is 4.00. The first-order valence-corrected chi connectivity index (χ1v) is 10.2. The van der Waals surface area contributed by atoms with Crippen LogP contribution >= 0.6 is 0 Å². The highest BCUT2D eigenvalue weighted by Crippen LogP contribution is 2.30. The van der Waals surface area contributed by atoms with Gasteiger partial charge >= 0.3 is 0 Å². The molecule has 2 amide bonds. The number of hydrogen-bond donors (Lipinski definition) is 5. The number of primary amides is 1. The molecule has 0 aliphatic carbocycles. The third-order valence-electron chi connectivity index (χ3n) is 5.29. The van der Waals surface area contributed by atoms with E-state index in [0.717, 1.165) is 26.2 Å². The number of nitrogens with zero attached hydrogens (tertiary/aromatic N) is 3. The topological polar surface area (TPSA) is 129 Å². The lowest BCUT2D eigenvalue weighted by Gasteiger charge is -2.37. The molecule has 1 saturated heterocycles. The highest BCUT2D eigenvalue weighted by Gasteiger charge is 2.39. The molecular weight excluding hydrogens is 396 g/mol. The second-order valence-corrected chi connectivity index (χ2v) is 7.60. The number of carbonyl (C=O) groups excluding carboxylic acids is 2. The molecule has 0 bridgehead atoms. The van der Waals surface area contributed by atoms with E-state index in [9.17, 15) is 9.59 Å². The molecule has 2 aliphatic heterocycles. The van der Waals surface area contributed by atoms with Gasteiger partial charge in [-0.15, -0.1) is 5.92 Å². The van der Waals surface area contributed by atoms with Crippen LogP contribution in [0.5, 0.6) is 0 Å². The Labute approximate surface area is 180 Å². The van der Waals surface area contributed by atoms with E-state index in [4.69, 9.17) is 10.7 Å². The Balaban J connectivity index is 1.69. The normalized spacial score (nSPS) is 20.1. The number of fused-ring (bicyclic) bond motifs is 1. The summed E-state index contributed by atoms with van der Waals surface area (Å²) >= 11 is 0. The molecule has 0 saturated carbocycles. The highest BCUT2D eigenvalue weighted by molar-refractivity contribution is 6.02. The number of aromatic nitrogens is 2. The zero-order valence-corrected chi connectivity index (χ0v) is 17.6. The average Bonchev–Trinajstić information content (AvgIpc) is 3.11. The number of benzene rings is 1. The van der Waals surface area contributed by atoms with Crippen molar-refractivity contribution in [2.75, 3.05) is 41.7 Å². The van der Waals surface area contributed by atoms with Crippen molar-refractivity contribution in [2.45, 2.75) is 26.2 Å². The van der Waals surface area contributed by atoms with E-state index in [1.54, 1.807) is 38.1 Å². The molecule has 1 unspecified atom stereocenters. The van der Waals surface area contributed by atoms with Gasteiger partial charge in [-0.05, 0) is 26.0 Å². The minimum Gasteiger partial charge on any atom is -0.366 e. The van der Waals surface area contributed by atoms with E-state index < -0.39 is 11.7 Å². The van der Waals surface area contributed by atoms with Gasteiger partial charge in [0.05, 0.1) is 17.8 Å². The summed E-state index contributed by atoms with van der Waals surface area (Å²) in [6.07, 6.45) is 0. The standard InChI is InChI=1S/C21H26N8O2/c1-3-4-11-29-16-18(24-20(29)28-12-9-23-10-13-28)26-21(2,27-19(16)31)25-15-8-6-5-7-14(15)17(22)30/h5-8,23,25-26H,9-13H2,1-2H3,(H2,22,30)(H,27,31). The van der Waals surface area contributed by atoms with Gasteiger partial charge < -0.3 is 31.9 Å². The largest absolute Gasteiger partial charge is 0.366 e. The van der Waals surface area contributed by atoms with E-state index in [1.807, 2.05) is 4.57 Å². The van der Waals surface area contributed by atoms with Gasteiger partial charge in [-0.3, -0.25) is 14.2 Å². The lowest BCUT2D eigenvalue weighted by molar-refractivity contribution is 0.0907. The number of anilines is 3. The van der Waals surface area contributed by atoms with Crippen molar-refractivity contribution >= 4 is 29.3 Å². The van der Waals surface area contributed by atoms with Gasteiger partial charge in [-0.2, -0.15) is 4.98 Å². The number of para-hydroxylation sites is 1. The number of rotatable bonds is 5. The Bertz CT molecular complexity index is 1080. The fourth-order valence-electron chi connectivity index (χ4n) is 3.87. The third-order valence-corrected chi connectivity index (χ3v) is 5.29. The number of amides is 2. The Morgan fingerprint density at radius 1 is 1.29 bits per heavy atom. The van der Waals surface area contributed by atoms with E-state index in [0.29, 0.717) is 35.3 Å².